The minimum absolute atomic E-state index is 0.0222. The smallest absolute Gasteiger partial charge is 0.258 e. The Hall–Kier alpha value is -2.78. The summed E-state index contributed by atoms with van der Waals surface area (Å²) in [4.78, 5) is 15.1. The van der Waals surface area contributed by atoms with Gasteiger partial charge in [-0.25, -0.2) is 4.98 Å². The molecule has 3 aromatic rings. The standard InChI is InChI=1S/C15H9N3O2S/c16-9-8-11-12(18(19)20)6-7-13-14(11)17-15(21-13)10-4-2-1-3-5-10/h1-7H,8H2. The summed E-state index contributed by atoms with van der Waals surface area (Å²) in [5.74, 6) is 0. The zero-order valence-electron chi connectivity index (χ0n) is 10.8. The van der Waals surface area contributed by atoms with E-state index < -0.39 is 4.92 Å². The average molecular weight is 295 g/mol. The van der Waals surface area contributed by atoms with Gasteiger partial charge in [0.05, 0.1) is 33.2 Å². The molecule has 0 saturated carbocycles. The topological polar surface area (TPSA) is 79.8 Å². The maximum atomic E-state index is 11.1. The molecule has 21 heavy (non-hydrogen) atoms. The van der Waals surface area contributed by atoms with E-state index in [1.165, 1.54) is 17.4 Å². The predicted molar refractivity (Wildman–Crippen MR) is 81.0 cm³/mol. The number of fused-ring (bicyclic) bond motifs is 1. The normalized spacial score (nSPS) is 10.4. The van der Waals surface area contributed by atoms with E-state index in [1.54, 1.807) is 6.07 Å². The van der Waals surface area contributed by atoms with Crippen molar-refractivity contribution in [3.8, 4) is 16.6 Å². The highest BCUT2D eigenvalue weighted by molar-refractivity contribution is 7.21. The molecule has 0 aliphatic heterocycles. The lowest BCUT2D eigenvalue weighted by atomic mass is 10.1. The van der Waals surface area contributed by atoms with Gasteiger partial charge in [-0.3, -0.25) is 10.1 Å². The van der Waals surface area contributed by atoms with Gasteiger partial charge in [-0.2, -0.15) is 5.26 Å². The molecule has 0 unspecified atom stereocenters. The number of nitro groups is 1. The molecule has 1 aromatic heterocycles. The van der Waals surface area contributed by atoms with Crippen LogP contribution in [0, 0.1) is 21.4 Å². The summed E-state index contributed by atoms with van der Waals surface area (Å²) in [6.07, 6.45) is -0.0222. The van der Waals surface area contributed by atoms with E-state index in [1.807, 2.05) is 36.4 Å². The van der Waals surface area contributed by atoms with E-state index in [0.717, 1.165) is 15.3 Å². The fourth-order valence-electron chi connectivity index (χ4n) is 2.17. The number of benzene rings is 2. The third-order valence-electron chi connectivity index (χ3n) is 3.11. The molecular formula is C15H9N3O2S. The van der Waals surface area contributed by atoms with Crippen LogP contribution in [0.1, 0.15) is 5.56 Å². The maximum absolute atomic E-state index is 11.1. The van der Waals surface area contributed by atoms with Crippen LogP contribution in [0.5, 0.6) is 0 Å². The van der Waals surface area contributed by atoms with Gasteiger partial charge in [0.1, 0.15) is 5.01 Å². The SMILES string of the molecule is N#CCc1c([N+](=O)[O-])ccc2sc(-c3ccccc3)nc12. The Morgan fingerprint density at radius 3 is 2.67 bits per heavy atom. The zero-order chi connectivity index (χ0) is 14.8. The molecule has 0 radical (unpaired) electrons. The molecule has 0 N–H and O–H groups in total. The van der Waals surface area contributed by atoms with E-state index >= 15 is 0 Å². The lowest BCUT2D eigenvalue weighted by molar-refractivity contribution is -0.385. The molecule has 0 bridgehead atoms. The van der Waals surface area contributed by atoms with Crippen molar-refractivity contribution >= 4 is 27.2 Å². The lowest BCUT2D eigenvalue weighted by Crippen LogP contribution is -1.95. The Kier molecular flexibility index (Phi) is 3.34. The number of hydrogen-bond donors (Lipinski definition) is 0. The number of rotatable bonds is 3. The van der Waals surface area contributed by atoms with Crippen LogP contribution >= 0.6 is 11.3 Å². The second-order valence-corrected chi connectivity index (χ2v) is 5.42. The summed E-state index contributed by atoms with van der Waals surface area (Å²) >= 11 is 1.47. The number of aromatic nitrogens is 1. The Balaban J connectivity index is 2.24. The van der Waals surface area contributed by atoms with E-state index in [4.69, 9.17) is 5.26 Å². The minimum atomic E-state index is -0.465. The maximum Gasteiger partial charge on any atom is 0.275 e. The average Bonchev–Trinajstić information content (AvgIpc) is 2.93. The van der Waals surface area contributed by atoms with Gasteiger partial charge < -0.3 is 0 Å². The van der Waals surface area contributed by atoms with Crippen LogP contribution in [0.3, 0.4) is 0 Å². The molecule has 2 aromatic carbocycles. The molecule has 6 heteroatoms. The van der Waals surface area contributed by atoms with E-state index in [2.05, 4.69) is 4.98 Å². The molecule has 0 spiro atoms. The summed E-state index contributed by atoms with van der Waals surface area (Å²) in [7, 11) is 0. The van der Waals surface area contributed by atoms with Crippen LogP contribution in [0.4, 0.5) is 5.69 Å². The van der Waals surface area contributed by atoms with Crippen molar-refractivity contribution in [3.05, 3.63) is 58.1 Å². The largest absolute Gasteiger partial charge is 0.275 e. The van der Waals surface area contributed by atoms with Gasteiger partial charge in [-0.15, -0.1) is 11.3 Å². The fourth-order valence-corrected chi connectivity index (χ4v) is 3.17. The number of nitriles is 1. The molecule has 0 atom stereocenters. The molecule has 0 aliphatic rings. The summed E-state index contributed by atoms with van der Waals surface area (Å²) in [5.41, 5.74) is 1.85. The second-order valence-electron chi connectivity index (χ2n) is 4.39. The summed E-state index contributed by atoms with van der Waals surface area (Å²) < 4.78 is 0.852. The Morgan fingerprint density at radius 1 is 1.24 bits per heavy atom. The van der Waals surface area contributed by atoms with Crippen LogP contribution in [-0.4, -0.2) is 9.91 Å². The molecule has 0 fully saturated rings. The van der Waals surface area contributed by atoms with Crippen LogP contribution in [0.2, 0.25) is 0 Å². The molecule has 5 nitrogen and oxygen atoms in total. The number of nitro benzene ring substituents is 1. The molecule has 102 valence electrons. The van der Waals surface area contributed by atoms with Crippen LogP contribution in [0.15, 0.2) is 42.5 Å². The van der Waals surface area contributed by atoms with Crippen LogP contribution < -0.4 is 0 Å². The number of hydrogen-bond acceptors (Lipinski definition) is 5. The Morgan fingerprint density at radius 2 is 2.00 bits per heavy atom. The second kappa shape index (κ2) is 5.31. The Bertz CT molecular complexity index is 866. The highest BCUT2D eigenvalue weighted by atomic mass is 32.1. The van der Waals surface area contributed by atoms with Gasteiger partial charge in [0.2, 0.25) is 0 Å². The quantitative estimate of drug-likeness (QED) is 0.541. The van der Waals surface area contributed by atoms with Gasteiger partial charge in [0.15, 0.2) is 0 Å². The van der Waals surface area contributed by atoms with Crippen molar-refractivity contribution in [1.29, 1.82) is 5.26 Å². The summed E-state index contributed by atoms with van der Waals surface area (Å²) in [6.45, 7) is 0. The third kappa shape index (κ3) is 2.35. The first-order valence-electron chi connectivity index (χ1n) is 6.20. The van der Waals surface area contributed by atoms with Crippen LogP contribution in [0.25, 0.3) is 20.8 Å². The van der Waals surface area contributed by atoms with Gasteiger partial charge in [0, 0.05) is 11.6 Å². The van der Waals surface area contributed by atoms with E-state index in [0.29, 0.717) is 11.1 Å². The molecule has 0 saturated heterocycles. The van der Waals surface area contributed by atoms with Gasteiger partial charge >= 0.3 is 0 Å². The van der Waals surface area contributed by atoms with Crippen molar-refractivity contribution in [1.82, 2.24) is 4.98 Å². The van der Waals surface area contributed by atoms with Crippen molar-refractivity contribution in [2.75, 3.05) is 0 Å². The van der Waals surface area contributed by atoms with E-state index in [-0.39, 0.29) is 12.1 Å². The Labute approximate surface area is 124 Å². The van der Waals surface area contributed by atoms with Crippen LogP contribution in [-0.2, 0) is 6.42 Å². The first-order chi connectivity index (χ1) is 10.2. The monoisotopic (exact) mass is 295 g/mol. The van der Waals surface area contributed by atoms with Crippen molar-refractivity contribution < 1.29 is 4.92 Å². The number of nitrogens with zero attached hydrogens (tertiary/aromatic N) is 3. The van der Waals surface area contributed by atoms with Gasteiger partial charge in [-0.05, 0) is 6.07 Å². The molecule has 1 heterocycles. The fraction of sp³-hybridized carbons (Fsp3) is 0.0667. The highest BCUT2D eigenvalue weighted by Crippen LogP contribution is 2.35. The molecular weight excluding hydrogens is 286 g/mol. The first-order valence-corrected chi connectivity index (χ1v) is 7.01. The number of thiazole rings is 1. The highest BCUT2D eigenvalue weighted by Gasteiger charge is 2.19. The summed E-state index contributed by atoms with van der Waals surface area (Å²) in [5, 5.41) is 20.8. The van der Waals surface area contributed by atoms with Crippen molar-refractivity contribution in [2.24, 2.45) is 0 Å². The van der Waals surface area contributed by atoms with Gasteiger partial charge in [0.25, 0.3) is 5.69 Å². The minimum Gasteiger partial charge on any atom is -0.258 e. The van der Waals surface area contributed by atoms with Crippen molar-refractivity contribution in [3.63, 3.8) is 0 Å². The predicted octanol–water partition coefficient (Wildman–Crippen LogP) is 3.94. The lowest BCUT2D eigenvalue weighted by Gasteiger charge is -1.98. The zero-order valence-corrected chi connectivity index (χ0v) is 11.6. The molecule has 0 aliphatic carbocycles. The first kappa shape index (κ1) is 13.2. The van der Waals surface area contributed by atoms with E-state index in [9.17, 15) is 10.1 Å². The third-order valence-corrected chi connectivity index (χ3v) is 4.18. The van der Waals surface area contributed by atoms with Gasteiger partial charge in [-0.1, -0.05) is 30.3 Å². The van der Waals surface area contributed by atoms with Crippen molar-refractivity contribution in [2.45, 2.75) is 6.42 Å². The summed E-state index contributed by atoms with van der Waals surface area (Å²) in [6, 6.07) is 14.8. The molecule has 0 amide bonds. The molecule has 3 rings (SSSR count).